The first-order chi connectivity index (χ1) is 16.1. The Balaban J connectivity index is 1.83. The molecule has 4 nitrogen and oxygen atoms in total. The van der Waals surface area contributed by atoms with Crippen molar-refractivity contribution in [2.24, 2.45) is 11.8 Å². The minimum absolute atomic E-state index is 0.00662. The average molecular weight is 481 g/mol. The van der Waals surface area contributed by atoms with Crippen molar-refractivity contribution < 1.29 is 27.1 Å². The van der Waals surface area contributed by atoms with Gasteiger partial charge in [-0.1, -0.05) is 44.2 Å². The van der Waals surface area contributed by atoms with E-state index < -0.39 is 11.7 Å². The van der Waals surface area contributed by atoms with Crippen molar-refractivity contribution in [2.45, 2.75) is 32.5 Å². The number of rotatable bonds is 9. The number of carbonyl (C=O) groups is 1. The Morgan fingerprint density at radius 2 is 1.88 bits per heavy atom. The van der Waals surface area contributed by atoms with Gasteiger partial charge in [-0.3, -0.25) is 9.69 Å². The SMILES string of the molecule is COCC(=O)N(CC(C)C)CC1CN(Cc2cccc(C(F)(F)F)c2)CC1c1cccc(F)c1. The molecule has 1 fully saturated rings. The summed E-state index contributed by atoms with van der Waals surface area (Å²) in [4.78, 5) is 16.6. The highest BCUT2D eigenvalue weighted by atomic mass is 19.4. The van der Waals surface area contributed by atoms with Crippen molar-refractivity contribution in [3.63, 3.8) is 0 Å². The van der Waals surface area contributed by atoms with Crippen LogP contribution in [0, 0.1) is 17.7 Å². The second kappa shape index (κ2) is 11.3. The topological polar surface area (TPSA) is 32.8 Å². The van der Waals surface area contributed by atoms with Gasteiger partial charge in [-0.2, -0.15) is 13.2 Å². The summed E-state index contributed by atoms with van der Waals surface area (Å²) in [5.41, 5.74) is 0.735. The highest BCUT2D eigenvalue weighted by Crippen LogP contribution is 2.35. The van der Waals surface area contributed by atoms with Crippen LogP contribution in [0.2, 0.25) is 0 Å². The molecular weight excluding hydrogens is 448 g/mol. The molecular formula is C26H32F4N2O2. The van der Waals surface area contributed by atoms with Gasteiger partial charge in [-0.15, -0.1) is 0 Å². The minimum Gasteiger partial charge on any atom is -0.375 e. The van der Waals surface area contributed by atoms with E-state index in [0.29, 0.717) is 38.3 Å². The number of benzene rings is 2. The van der Waals surface area contributed by atoms with Crippen molar-refractivity contribution in [1.82, 2.24) is 9.80 Å². The number of alkyl halides is 3. The molecule has 2 atom stereocenters. The van der Waals surface area contributed by atoms with Crippen LogP contribution in [0.15, 0.2) is 48.5 Å². The number of hydrogen-bond donors (Lipinski definition) is 0. The van der Waals surface area contributed by atoms with Gasteiger partial charge in [0.1, 0.15) is 12.4 Å². The lowest BCUT2D eigenvalue weighted by Crippen LogP contribution is -2.41. The van der Waals surface area contributed by atoms with Crippen molar-refractivity contribution in [1.29, 1.82) is 0 Å². The highest BCUT2D eigenvalue weighted by molar-refractivity contribution is 5.77. The first kappa shape index (κ1) is 26.2. The normalized spacial score (nSPS) is 19.1. The number of methoxy groups -OCH3 is 1. The summed E-state index contributed by atoms with van der Waals surface area (Å²) in [7, 11) is 1.48. The Morgan fingerprint density at radius 1 is 1.15 bits per heavy atom. The lowest BCUT2D eigenvalue weighted by atomic mass is 9.88. The van der Waals surface area contributed by atoms with Crippen molar-refractivity contribution in [2.75, 3.05) is 39.9 Å². The van der Waals surface area contributed by atoms with Gasteiger partial charge in [0.15, 0.2) is 0 Å². The molecule has 1 saturated heterocycles. The van der Waals surface area contributed by atoms with Crippen LogP contribution in [-0.4, -0.2) is 55.6 Å². The van der Waals surface area contributed by atoms with Crippen LogP contribution < -0.4 is 0 Å². The minimum atomic E-state index is -4.40. The zero-order valence-electron chi connectivity index (χ0n) is 19.8. The van der Waals surface area contributed by atoms with Gasteiger partial charge in [-0.25, -0.2) is 4.39 Å². The first-order valence-electron chi connectivity index (χ1n) is 11.5. The molecule has 3 rings (SSSR count). The summed E-state index contributed by atoms with van der Waals surface area (Å²) >= 11 is 0. The standard InChI is InChI=1S/C26H32F4N2O2/c1-18(2)12-32(25(33)17-34-3)15-21-14-31(16-24(21)20-7-5-9-23(27)11-20)13-19-6-4-8-22(10-19)26(28,29)30/h4-11,18,21,24H,12-17H2,1-3H3. The lowest BCUT2D eigenvalue weighted by Gasteiger charge is -2.30. The second-order valence-corrected chi connectivity index (χ2v) is 9.44. The van der Waals surface area contributed by atoms with Gasteiger partial charge in [0.05, 0.1) is 5.56 Å². The van der Waals surface area contributed by atoms with Crippen molar-refractivity contribution >= 4 is 5.91 Å². The maximum Gasteiger partial charge on any atom is 0.416 e. The third-order valence-electron chi connectivity index (χ3n) is 6.11. The smallest absolute Gasteiger partial charge is 0.375 e. The Morgan fingerprint density at radius 3 is 2.53 bits per heavy atom. The molecule has 1 aliphatic rings. The Labute approximate surface area is 198 Å². The third-order valence-corrected chi connectivity index (χ3v) is 6.11. The van der Waals surface area contributed by atoms with Crippen LogP contribution >= 0.6 is 0 Å². The molecule has 0 bridgehead atoms. The highest BCUT2D eigenvalue weighted by Gasteiger charge is 2.36. The van der Waals surface area contributed by atoms with Crippen LogP contribution in [0.3, 0.4) is 0 Å². The maximum atomic E-state index is 14.0. The largest absolute Gasteiger partial charge is 0.416 e. The number of likely N-dealkylation sites (tertiary alicyclic amines) is 1. The van der Waals surface area contributed by atoms with Gasteiger partial charge in [-0.05, 0) is 41.2 Å². The fourth-order valence-electron chi connectivity index (χ4n) is 4.71. The van der Waals surface area contributed by atoms with E-state index in [1.165, 1.54) is 31.4 Å². The van der Waals surface area contributed by atoms with Crippen molar-refractivity contribution in [3.8, 4) is 0 Å². The van der Waals surface area contributed by atoms with Gasteiger partial charge >= 0.3 is 6.18 Å². The molecule has 0 aromatic heterocycles. The van der Waals surface area contributed by atoms with Crippen LogP contribution in [0.1, 0.15) is 36.5 Å². The fourth-order valence-corrected chi connectivity index (χ4v) is 4.71. The summed E-state index contributed by atoms with van der Waals surface area (Å²) in [6.07, 6.45) is -4.40. The molecule has 0 radical (unpaired) electrons. The molecule has 34 heavy (non-hydrogen) atoms. The maximum absolute atomic E-state index is 14.0. The number of amides is 1. The summed E-state index contributed by atoms with van der Waals surface area (Å²) in [6.45, 7) is 6.60. The number of nitrogens with zero attached hydrogens (tertiary/aromatic N) is 2. The number of halogens is 4. The van der Waals surface area contributed by atoms with E-state index in [2.05, 4.69) is 4.90 Å². The van der Waals surface area contributed by atoms with E-state index >= 15 is 0 Å². The van der Waals surface area contributed by atoms with Crippen LogP contribution in [0.4, 0.5) is 17.6 Å². The fraction of sp³-hybridized carbons (Fsp3) is 0.500. The molecule has 0 N–H and O–H groups in total. The van der Waals surface area contributed by atoms with Crippen LogP contribution in [-0.2, 0) is 22.3 Å². The molecule has 0 saturated carbocycles. The molecule has 186 valence electrons. The van der Waals surface area contributed by atoms with Gasteiger partial charge in [0.2, 0.25) is 5.91 Å². The number of carbonyl (C=O) groups excluding carboxylic acids is 1. The predicted molar refractivity (Wildman–Crippen MR) is 123 cm³/mol. The Hall–Kier alpha value is -2.45. The van der Waals surface area contributed by atoms with Crippen molar-refractivity contribution in [3.05, 3.63) is 71.0 Å². The third kappa shape index (κ3) is 7.03. The zero-order chi connectivity index (χ0) is 24.9. The second-order valence-electron chi connectivity index (χ2n) is 9.44. The summed E-state index contributed by atoms with van der Waals surface area (Å²) in [5, 5.41) is 0. The molecule has 2 unspecified atom stereocenters. The molecule has 0 spiro atoms. The lowest BCUT2D eigenvalue weighted by molar-refractivity contribution is -0.138. The monoisotopic (exact) mass is 480 g/mol. The summed E-state index contributed by atoms with van der Waals surface area (Å²) in [5.74, 6) is -0.220. The van der Waals surface area contributed by atoms with Gasteiger partial charge in [0.25, 0.3) is 0 Å². The van der Waals surface area contributed by atoms with E-state index in [0.717, 1.165) is 11.6 Å². The van der Waals surface area contributed by atoms with Gasteiger partial charge in [0, 0.05) is 45.8 Å². The van der Waals surface area contributed by atoms with Crippen LogP contribution in [0.5, 0.6) is 0 Å². The molecule has 0 aliphatic carbocycles. The zero-order valence-corrected chi connectivity index (χ0v) is 19.8. The van der Waals surface area contributed by atoms with E-state index in [1.54, 1.807) is 17.0 Å². The Bertz CT molecular complexity index is 964. The molecule has 2 aromatic carbocycles. The quantitative estimate of drug-likeness (QED) is 0.463. The van der Waals surface area contributed by atoms with E-state index in [-0.39, 0.29) is 36.1 Å². The predicted octanol–water partition coefficient (Wildman–Crippen LogP) is 5.19. The average Bonchev–Trinajstić information content (AvgIpc) is 3.15. The molecule has 8 heteroatoms. The number of ether oxygens (including phenoxy) is 1. The van der Waals surface area contributed by atoms with Gasteiger partial charge < -0.3 is 9.64 Å². The molecule has 1 aliphatic heterocycles. The molecule has 2 aromatic rings. The number of hydrogen-bond acceptors (Lipinski definition) is 3. The van der Waals surface area contributed by atoms with E-state index in [9.17, 15) is 22.4 Å². The van der Waals surface area contributed by atoms with Crippen LogP contribution in [0.25, 0.3) is 0 Å². The summed E-state index contributed by atoms with van der Waals surface area (Å²) in [6, 6.07) is 11.8. The molecule has 1 heterocycles. The Kier molecular flexibility index (Phi) is 8.71. The molecule has 1 amide bonds. The van der Waals surface area contributed by atoms with E-state index in [4.69, 9.17) is 4.74 Å². The van der Waals surface area contributed by atoms with E-state index in [1.807, 2.05) is 19.9 Å². The first-order valence-corrected chi connectivity index (χ1v) is 11.5. The summed E-state index contributed by atoms with van der Waals surface area (Å²) < 4.78 is 58.5.